The van der Waals surface area contributed by atoms with Gasteiger partial charge in [0.2, 0.25) is 0 Å². The van der Waals surface area contributed by atoms with Gasteiger partial charge in [0.15, 0.2) is 0 Å². The SMILES string of the molecule is CCn1nccc1CN[C@@H](C)c1ccccn1. The van der Waals surface area contributed by atoms with E-state index in [0.717, 1.165) is 18.8 Å². The van der Waals surface area contributed by atoms with E-state index in [9.17, 15) is 0 Å². The van der Waals surface area contributed by atoms with Gasteiger partial charge in [-0.2, -0.15) is 5.10 Å². The molecule has 0 fully saturated rings. The zero-order valence-corrected chi connectivity index (χ0v) is 10.3. The summed E-state index contributed by atoms with van der Waals surface area (Å²) in [6, 6.07) is 8.27. The summed E-state index contributed by atoms with van der Waals surface area (Å²) >= 11 is 0. The number of nitrogens with zero attached hydrogens (tertiary/aromatic N) is 3. The van der Waals surface area contributed by atoms with Crippen LogP contribution in [0.15, 0.2) is 36.7 Å². The fourth-order valence-corrected chi connectivity index (χ4v) is 1.79. The first-order chi connectivity index (χ1) is 8.31. The summed E-state index contributed by atoms with van der Waals surface area (Å²) in [4.78, 5) is 4.34. The first-order valence-electron chi connectivity index (χ1n) is 5.96. The molecule has 4 nitrogen and oxygen atoms in total. The predicted molar refractivity (Wildman–Crippen MR) is 67.4 cm³/mol. The van der Waals surface area contributed by atoms with Crippen LogP contribution in [0.3, 0.4) is 0 Å². The Morgan fingerprint density at radius 3 is 2.88 bits per heavy atom. The van der Waals surface area contributed by atoms with Crippen molar-refractivity contribution in [2.75, 3.05) is 0 Å². The molecular weight excluding hydrogens is 212 g/mol. The minimum atomic E-state index is 0.247. The Kier molecular flexibility index (Phi) is 3.88. The zero-order chi connectivity index (χ0) is 12.1. The molecule has 0 amide bonds. The molecule has 4 heteroatoms. The van der Waals surface area contributed by atoms with Gasteiger partial charge in [-0.3, -0.25) is 9.67 Å². The average molecular weight is 230 g/mol. The van der Waals surface area contributed by atoms with Gasteiger partial charge in [0.25, 0.3) is 0 Å². The summed E-state index contributed by atoms with van der Waals surface area (Å²) in [7, 11) is 0. The maximum Gasteiger partial charge on any atom is 0.0570 e. The van der Waals surface area contributed by atoms with Crippen LogP contribution >= 0.6 is 0 Å². The quantitative estimate of drug-likeness (QED) is 0.855. The second-order valence-electron chi connectivity index (χ2n) is 4.00. The van der Waals surface area contributed by atoms with Gasteiger partial charge in [0.1, 0.15) is 0 Å². The van der Waals surface area contributed by atoms with Crippen LogP contribution in [-0.4, -0.2) is 14.8 Å². The lowest BCUT2D eigenvalue weighted by Gasteiger charge is -2.13. The molecule has 0 bridgehead atoms. The molecule has 0 spiro atoms. The normalized spacial score (nSPS) is 12.6. The molecule has 2 aromatic heterocycles. The Labute approximate surface area is 102 Å². The van der Waals surface area contributed by atoms with Gasteiger partial charge in [0, 0.05) is 31.5 Å². The number of pyridine rings is 1. The van der Waals surface area contributed by atoms with E-state index in [1.54, 1.807) is 0 Å². The largest absolute Gasteiger partial charge is 0.303 e. The number of hydrogen-bond acceptors (Lipinski definition) is 3. The fourth-order valence-electron chi connectivity index (χ4n) is 1.79. The van der Waals surface area contributed by atoms with Crippen LogP contribution in [-0.2, 0) is 13.1 Å². The van der Waals surface area contributed by atoms with Gasteiger partial charge < -0.3 is 5.32 Å². The molecule has 2 rings (SSSR count). The van der Waals surface area contributed by atoms with Gasteiger partial charge in [-0.25, -0.2) is 0 Å². The summed E-state index contributed by atoms with van der Waals surface area (Å²) < 4.78 is 2.00. The Morgan fingerprint density at radius 1 is 1.29 bits per heavy atom. The lowest BCUT2D eigenvalue weighted by Crippen LogP contribution is -2.21. The predicted octanol–water partition coefficient (Wildman–Crippen LogP) is 2.15. The highest BCUT2D eigenvalue weighted by Gasteiger charge is 2.07. The number of aryl methyl sites for hydroxylation is 1. The summed E-state index contributed by atoms with van der Waals surface area (Å²) in [5, 5.41) is 7.70. The molecule has 0 saturated heterocycles. The number of aromatic nitrogens is 3. The van der Waals surface area contributed by atoms with Crippen LogP contribution in [0.1, 0.15) is 31.3 Å². The molecule has 90 valence electrons. The number of nitrogens with one attached hydrogen (secondary N) is 1. The van der Waals surface area contributed by atoms with E-state index in [-0.39, 0.29) is 6.04 Å². The van der Waals surface area contributed by atoms with Crippen molar-refractivity contribution in [2.24, 2.45) is 0 Å². The second-order valence-corrected chi connectivity index (χ2v) is 4.00. The Morgan fingerprint density at radius 2 is 2.18 bits per heavy atom. The second kappa shape index (κ2) is 5.59. The number of hydrogen-bond donors (Lipinski definition) is 1. The Balaban J connectivity index is 1.95. The van der Waals surface area contributed by atoms with Crippen LogP contribution in [0.2, 0.25) is 0 Å². The van der Waals surface area contributed by atoms with E-state index in [4.69, 9.17) is 0 Å². The van der Waals surface area contributed by atoms with Crippen molar-refractivity contribution in [3.63, 3.8) is 0 Å². The van der Waals surface area contributed by atoms with Crippen molar-refractivity contribution >= 4 is 0 Å². The average Bonchev–Trinajstić information content (AvgIpc) is 2.84. The minimum absolute atomic E-state index is 0.247. The summed E-state index contributed by atoms with van der Waals surface area (Å²) in [6.45, 7) is 5.93. The maximum atomic E-state index is 4.34. The number of rotatable bonds is 5. The molecule has 1 N–H and O–H groups in total. The lowest BCUT2D eigenvalue weighted by molar-refractivity contribution is 0.524. The van der Waals surface area contributed by atoms with Crippen LogP contribution in [0.25, 0.3) is 0 Å². The molecule has 2 heterocycles. The van der Waals surface area contributed by atoms with Gasteiger partial charge in [0.05, 0.1) is 11.4 Å². The van der Waals surface area contributed by atoms with E-state index in [2.05, 4.69) is 29.2 Å². The molecule has 0 saturated carbocycles. The van der Waals surface area contributed by atoms with Crippen molar-refractivity contribution in [1.82, 2.24) is 20.1 Å². The van der Waals surface area contributed by atoms with E-state index in [0.29, 0.717) is 0 Å². The van der Waals surface area contributed by atoms with Crippen LogP contribution in [0.5, 0.6) is 0 Å². The lowest BCUT2D eigenvalue weighted by atomic mass is 10.2. The van der Waals surface area contributed by atoms with Gasteiger partial charge in [-0.1, -0.05) is 6.07 Å². The highest BCUT2D eigenvalue weighted by Crippen LogP contribution is 2.09. The first-order valence-corrected chi connectivity index (χ1v) is 5.96. The molecule has 1 atom stereocenters. The van der Waals surface area contributed by atoms with Crippen molar-refractivity contribution in [3.8, 4) is 0 Å². The molecule has 0 radical (unpaired) electrons. The highest BCUT2D eigenvalue weighted by atomic mass is 15.3. The van der Waals surface area contributed by atoms with Gasteiger partial charge in [-0.05, 0) is 32.0 Å². The monoisotopic (exact) mass is 230 g/mol. The first kappa shape index (κ1) is 11.8. The van der Waals surface area contributed by atoms with Gasteiger partial charge >= 0.3 is 0 Å². The molecule has 0 aliphatic rings. The molecular formula is C13H18N4. The zero-order valence-electron chi connectivity index (χ0n) is 10.3. The van der Waals surface area contributed by atoms with E-state index < -0.39 is 0 Å². The topological polar surface area (TPSA) is 42.7 Å². The summed E-state index contributed by atoms with van der Waals surface area (Å²) in [5.74, 6) is 0. The van der Waals surface area contributed by atoms with Crippen LogP contribution in [0.4, 0.5) is 0 Å². The summed E-state index contributed by atoms with van der Waals surface area (Å²) in [5.41, 5.74) is 2.27. The van der Waals surface area contributed by atoms with Crippen LogP contribution < -0.4 is 5.32 Å². The van der Waals surface area contributed by atoms with Crippen molar-refractivity contribution in [1.29, 1.82) is 0 Å². The molecule has 17 heavy (non-hydrogen) atoms. The fraction of sp³-hybridized carbons (Fsp3) is 0.385. The van der Waals surface area contributed by atoms with Crippen molar-refractivity contribution in [2.45, 2.75) is 33.0 Å². The smallest absolute Gasteiger partial charge is 0.0570 e. The molecule has 0 unspecified atom stereocenters. The standard InChI is InChI=1S/C13H18N4/c1-3-17-12(7-9-16-17)10-15-11(2)13-6-4-5-8-14-13/h4-9,11,15H,3,10H2,1-2H3/t11-/m0/s1. The maximum absolute atomic E-state index is 4.34. The van der Waals surface area contributed by atoms with Crippen LogP contribution in [0, 0.1) is 0 Å². The summed E-state index contributed by atoms with van der Waals surface area (Å²) in [6.07, 6.45) is 3.66. The van der Waals surface area contributed by atoms with E-state index in [1.165, 1.54) is 5.69 Å². The van der Waals surface area contributed by atoms with E-state index >= 15 is 0 Å². The third-order valence-corrected chi connectivity index (χ3v) is 2.82. The molecule has 0 aromatic carbocycles. The minimum Gasteiger partial charge on any atom is -0.303 e. The molecule has 0 aliphatic heterocycles. The van der Waals surface area contributed by atoms with Crippen molar-refractivity contribution in [3.05, 3.63) is 48.0 Å². The third kappa shape index (κ3) is 2.91. The van der Waals surface area contributed by atoms with Gasteiger partial charge in [-0.15, -0.1) is 0 Å². The Hall–Kier alpha value is -1.68. The molecule has 0 aliphatic carbocycles. The molecule has 2 aromatic rings. The third-order valence-electron chi connectivity index (χ3n) is 2.82. The Bertz CT molecular complexity index is 449. The van der Waals surface area contributed by atoms with E-state index in [1.807, 2.05) is 41.3 Å². The highest BCUT2D eigenvalue weighted by molar-refractivity contribution is 5.08. The van der Waals surface area contributed by atoms with Crippen molar-refractivity contribution < 1.29 is 0 Å².